The first-order valence-electron chi connectivity index (χ1n) is 3.81. The van der Waals surface area contributed by atoms with Gasteiger partial charge in [0, 0.05) is 7.05 Å². The molecule has 0 saturated carbocycles. The van der Waals surface area contributed by atoms with Gasteiger partial charge in [-0.05, 0) is 0 Å². The summed E-state index contributed by atoms with van der Waals surface area (Å²) >= 11 is 0. The second kappa shape index (κ2) is 4.20. The number of aromatic nitrogens is 2. The van der Waals surface area contributed by atoms with Gasteiger partial charge in [0.2, 0.25) is 17.7 Å². The molecular formula is C7H8F3N3O2. The third kappa shape index (κ3) is 3.49. The molecule has 1 N–H and O–H groups in total. The predicted molar refractivity (Wildman–Crippen MR) is 44.8 cm³/mol. The van der Waals surface area contributed by atoms with Crippen molar-refractivity contribution in [2.45, 2.75) is 6.36 Å². The minimum Gasteiger partial charge on any atom is -0.481 e. The molecule has 0 saturated heterocycles. The SMILES string of the molecule is CNc1nc(OC)cc(OC(F)(F)F)n1. The zero-order chi connectivity index (χ0) is 11.5. The lowest BCUT2D eigenvalue weighted by Gasteiger charge is -2.09. The van der Waals surface area contributed by atoms with Gasteiger partial charge in [-0.3, -0.25) is 0 Å². The summed E-state index contributed by atoms with van der Waals surface area (Å²) in [6.45, 7) is 0. The molecule has 1 aromatic heterocycles. The third-order valence-electron chi connectivity index (χ3n) is 1.33. The first-order chi connectivity index (χ1) is 6.94. The summed E-state index contributed by atoms with van der Waals surface area (Å²) in [4.78, 5) is 7.15. The summed E-state index contributed by atoms with van der Waals surface area (Å²) in [7, 11) is 2.74. The number of methoxy groups -OCH3 is 1. The van der Waals surface area contributed by atoms with Crippen LogP contribution in [0, 0.1) is 0 Å². The Morgan fingerprint density at radius 3 is 2.33 bits per heavy atom. The Hall–Kier alpha value is -1.73. The van der Waals surface area contributed by atoms with Crippen LogP contribution in [0.4, 0.5) is 19.1 Å². The Morgan fingerprint density at radius 2 is 1.87 bits per heavy atom. The maximum absolute atomic E-state index is 11.9. The van der Waals surface area contributed by atoms with Crippen LogP contribution >= 0.6 is 0 Å². The van der Waals surface area contributed by atoms with E-state index in [1.807, 2.05) is 0 Å². The van der Waals surface area contributed by atoms with Gasteiger partial charge >= 0.3 is 6.36 Å². The number of alkyl halides is 3. The van der Waals surface area contributed by atoms with Crippen molar-refractivity contribution in [3.8, 4) is 11.8 Å². The van der Waals surface area contributed by atoms with Gasteiger partial charge in [-0.25, -0.2) is 0 Å². The van der Waals surface area contributed by atoms with Crippen LogP contribution in [0.3, 0.4) is 0 Å². The second-order valence-electron chi connectivity index (χ2n) is 2.37. The number of rotatable bonds is 3. The molecule has 15 heavy (non-hydrogen) atoms. The van der Waals surface area contributed by atoms with E-state index in [1.165, 1.54) is 14.2 Å². The normalized spacial score (nSPS) is 11.0. The molecule has 0 spiro atoms. The molecule has 5 nitrogen and oxygen atoms in total. The molecule has 0 amide bonds. The highest BCUT2D eigenvalue weighted by Gasteiger charge is 2.32. The van der Waals surface area contributed by atoms with Crippen molar-refractivity contribution in [2.24, 2.45) is 0 Å². The first kappa shape index (κ1) is 11.3. The van der Waals surface area contributed by atoms with E-state index < -0.39 is 12.2 Å². The highest BCUT2D eigenvalue weighted by atomic mass is 19.4. The highest BCUT2D eigenvalue weighted by Crippen LogP contribution is 2.24. The summed E-state index contributed by atoms with van der Waals surface area (Å²) < 4.78 is 43.9. The standard InChI is InChI=1S/C7H8F3N3O2/c1-11-6-12-4(14-2)3-5(13-6)15-7(8,9)10/h3H,1-2H3,(H,11,12,13). The van der Waals surface area contributed by atoms with Crippen LogP contribution in [0.1, 0.15) is 0 Å². The summed E-state index contributed by atoms with van der Waals surface area (Å²) in [6.07, 6.45) is -4.79. The number of nitrogens with one attached hydrogen (secondary N) is 1. The summed E-state index contributed by atoms with van der Waals surface area (Å²) in [5.74, 6) is -0.666. The van der Waals surface area contributed by atoms with Gasteiger partial charge in [-0.1, -0.05) is 0 Å². The van der Waals surface area contributed by atoms with Crippen LogP contribution in [0.5, 0.6) is 11.8 Å². The van der Waals surface area contributed by atoms with Crippen molar-refractivity contribution in [1.29, 1.82) is 0 Å². The van der Waals surface area contributed by atoms with Crippen molar-refractivity contribution in [3.05, 3.63) is 6.07 Å². The molecule has 0 aromatic carbocycles. The van der Waals surface area contributed by atoms with E-state index in [9.17, 15) is 13.2 Å². The zero-order valence-corrected chi connectivity index (χ0v) is 7.92. The van der Waals surface area contributed by atoms with E-state index in [1.54, 1.807) is 0 Å². The topological polar surface area (TPSA) is 56.3 Å². The summed E-state index contributed by atoms with van der Waals surface area (Å²) in [5, 5.41) is 2.48. The molecule has 1 rings (SSSR count). The number of anilines is 1. The maximum atomic E-state index is 11.9. The average Bonchev–Trinajstić information content (AvgIpc) is 2.14. The molecule has 0 fully saturated rings. The van der Waals surface area contributed by atoms with Crippen LogP contribution in [0.25, 0.3) is 0 Å². The van der Waals surface area contributed by atoms with Gasteiger partial charge in [-0.15, -0.1) is 13.2 Å². The maximum Gasteiger partial charge on any atom is 0.574 e. The number of nitrogens with zero attached hydrogens (tertiary/aromatic N) is 2. The van der Waals surface area contributed by atoms with Gasteiger partial charge in [-0.2, -0.15) is 9.97 Å². The summed E-state index contributed by atoms with van der Waals surface area (Å²) in [5.41, 5.74) is 0. The lowest BCUT2D eigenvalue weighted by molar-refractivity contribution is -0.276. The lowest BCUT2D eigenvalue weighted by atomic mass is 10.6. The molecule has 8 heteroatoms. The quantitative estimate of drug-likeness (QED) is 0.839. The fourth-order valence-corrected chi connectivity index (χ4v) is 0.791. The Bertz CT molecular complexity index is 320. The fraction of sp³-hybridized carbons (Fsp3) is 0.429. The van der Waals surface area contributed by atoms with E-state index in [4.69, 9.17) is 0 Å². The fourth-order valence-electron chi connectivity index (χ4n) is 0.791. The smallest absolute Gasteiger partial charge is 0.481 e. The molecule has 0 radical (unpaired) electrons. The average molecular weight is 223 g/mol. The molecule has 0 aliphatic carbocycles. The predicted octanol–water partition coefficient (Wildman–Crippen LogP) is 1.43. The van der Waals surface area contributed by atoms with Crippen molar-refractivity contribution < 1.29 is 22.6 Å². The monoisotopic (exact) mass is 223 g/mol. The number of hydrogen-bond donors (Lipinski definition) is 1. The van der Waals surface area contributed by atoms with E-state index in [2.05, 4.69) is 24.8 Å². The van der Waals surface area contributed by atoms with Crippen LogP contribution in [-0.2, 0) is 0 Å². The van der Waals surface area contributed by atoms with E-state index in [0.29, 0.717) is 0 Å². The first-order valence-corrected chi connectivity index (χ1v) is 3.81. The van der Waals surface area contributed by atoms with Crippen LogP contribution in [0.15, 0.2) is 6.07 Å². The molecule has 0 aliphatic rings. The number of ether oxygens (including phenoxy) is 2. The van der Waals surface area contributed by atoms with E-state index in [-0.39, 0.29) is 11.8 Å². The largest absolute Gasteiger partial charge is 0.574 e. The van der Waals surface area contributed by atoms with Crippen molar-refractivity contribution in [2.75, 3.05) is 19.5 Å². The van der Waals surface area contributed by atoms with Gasteiger partial charge < -0.3 is 14.8 Å². The molecule has 0 bridgehead atoms. The highest BCUT2D eigenvalue weighted by molar-refractivity contribution is 5.32. The Morgan fingerprint density at radius 1 is 1.27 bits per heavy atom. The second-order valence-corrected chi connectivity index (χ2v) is 2.37. The third-order valence-corrected chi connectivity index (χ3v) is 1.33. The Kier molecular flexibility index (Phi) is 3.17. The number of hydrogen-bond acceptors (Lipinski definition) is 5. The molecule has 1 heterocycles. The van der Waals surface area contributed by atoms with Crippen LogP contribution in [0.2, 0.25) is 0 Å². The minimum atomic E-state index is -4.79. The van der Waals surface area contributed by atoms with E-state index >= 15 is 0 Å². The minimum absolute atomic E-state index is 0.0198. The van der Waals surface area contributed by atoms with Crippen molar-refractivity contribution >= 4 is 5.95 Å². The van der Waals surface area contributed by atoms with Gasteiger partial charge in [0.05, 0.1) is 13.2 Å². The molecule has 0 aliphatic heterocycles. The lowest BCUT2D eigenvalue weighted by Crippen LogP contribution is -2.18. The van der Waals surface area contributed by atoms with Crippen LogP contribution in [-0.4, -0.2) is 30.5 Å². The number of halogens is 3. The Balaban J connectivity index is 2.97. The molecule has 84 valence electrons. The van der Waals surface area contributed by atoms with Gasteiger partial charge in [0.25, 0.3) is 0 Å². The molecular weight excluding hydrogens is 215 g/mol. The van der Waals surface area contributed by atoms with Gasteiger partial charge in [0.15, 0.2) is 0 Å². The molecule has 0 unspecified atom stereocenters. The van der Waals surface area contributed by atoms with Crippen molar-refractivity contribution in [3.63, 3.8) is 0 Å². The van der Waals surface area contributed by atoms with Gasteiger partial charge in [0.1, 0.15) is 0 Å². The molecule has 0 atom stereocenters. The van der Waals surface area contributed by atoms with Crippen LogP contribution < -0.4 is 14.8 Å². The zero-order valence-electron chi connectivity index (χ0n) is 7.92. The van der Waals surface area contributed by atoms with E-state index in [0.717, 1.165) is 6.07 Å². The van der Waals surface area contributed by atoms with Crippen molar-refractivity contribution in [1.82, 2.24) is 9.97 Å². The Labute approximate surface area is 83.2 Å². The molecule has 1 aromatic rings. The summed E-state index contributed by atoms with van der Waals surface area (Å²) in [6, 6.07) is 0.939.